The molecule has 32 heavy (non-hydrogen) atoms. The molecular weight excluding hydrogens is 400 g/mol. The second-order valence-corrected chi connectivity index (χ2v) is 8.28. The first-order valence-corrected chi connectivity index (χ1v) is 11.1. The van der Waals surface area contributed by atoms with Gasteiger partial charge in [0, 0.05) is 25.2 Å². The van der Waals surface area contributed by atoms with Crippen LogP contribution in [0.2, 0.25) is 0 Å². The molecular formula is C26H26N4O2. The molecule has 5 rings (SSSR count). The number of carbonyl (C=O) groups is 1. The Hall–Kier alpha value is -3.67. The van der Waals surface area contributed by atoms with Crippen molar-refractivity contribution in [2.45, 2.75) is 32.2 Å². The minimum atomic E-state index is 0.0365. The van der Waals surface area contributed by atoms with Gasteiger partial charge < -0.3 is 10.0 Å². The number of rotatable bonds is 4. The number of nitrogens with zero attached hydrogens (tertiary/aromatic N) is 4. The lowest BCUT2D eigenvalue weighted by molar-refractivity contribution is 0.0715. The largest absolute Gasteiger partial charge is 0.508 e. The lowest BCUT2D eigenvalue weighted by Gasteiger charge is -2.32. The van der Waals surface area contributed by atoms with Crippen LogP contribution in [-0.2, 0) is 6.54 Å². The van der Waals surface area contributed by atoms with Crippen molar-refractivity contribution in [2.24, 2.45) is 0 Å². The highest BCUT2D eigenvalue weighted by Crippen LogP contribution is 2.31. The van der Waals surface area contributed by atoms with Gasteiger partial charge in [0.15, 0.2) is 5.65 Å². The standard InChI is InChI=1S/C26H26N4O2/c1-2-30-25-23(17-27-30)22(16-24(28-25)20-6-4-3-5-7-20)26(32)29-14-12-19(13-15-29)18-8-10-21(31)11-9-18/h3-11,16-17,19,31H,2,12-15H2,1H3. The first-order chi connectivity index (χ1) is 15.6. The Kier molecular flexibility index (Phi) is 5.35. The molecule has 0 saturated carbocycles. The second kappa shape index (κ2) is 8.46. The van der Waals surface area contributed by atoms with E-state index in [1.54, 1.807) is 18.3 Å². The number of likely N-dealkylation sites (tertiary alicyclic amines) is 1. The van der Waals surface area contributed by atoms with Crippen molar-refractivity contribution in [3.05, 3.63) is 78.0 Å². The second-order valence-electron chi connectivity index (χ2n) is 8.28. The predicted octanol–water partition coefficient (Wildman–Crippen LogP) is 4.84. The van der Waals surface area contributed by atoms with Gasteiger partial charge in [-0.2, -0.15) is 5.10 Å². The van der Waals surface area contributed by atoms with Crippen LogP contribution < -0.4 is 0 Å². The Balaban J connectivity index is 1.44. The minimum Gasteiger partial charge on any atom is -0.508 e. The molecule has 1 aliphatic rings. The highest BCUT2D eigenvalue weighted by molar-refractivity contribution is 6.06. The third-order valence-corrected chi connectivity index (χ3v) is 6.36. The van der Waals surface area contributed by atoms with E-state index in [-0.39, 0.29) is 11.7 Å². The molecule has 1 N–H and O–H groups in total. The van der Waals surface area contributed by atoms with Gasteiger partial charge >= 0.3 is 0 Å². The monoisotopic (exact) mass is 426 g/mol. The van der Waals surface area contributed by atoms with Crippen LogP contribution in [0.25, 0.3) is 22.3 Å². The summed E-state index contributed by atoms with van der Waals surface area (Å²) in [6, 6.07) is 19.3. The number of carbonyl (C=O) groups excluding carboxylic acids is 1. The maximum Gasteiger partial charge on any atom is 0.254 e. The predicted molar refractivity (Wildman–Crippen MR) is 125 cm³/mol. The maximum atomic E-state index is 13.6. The molecule has 1 aliphatic heterocycles. The van der Waals surface area contributed by atoms with Gasteiger partial charge in [0.25, 0.3) is 5.91 Å². The molecule has 2 aromatic heterocycles. The molecule has 0 bridgehead atoms. The highest BCUT2D eigenvalue weighted by Gasteiger charge is 2.27. The molecule has 0 aliphatic carbocycles. The zero-order valence-corrected chi connectivity index (χ0v) is 18.1. The van der Waals surface area contributed by atoms with Gasteiger partial charge in [-0.1, -0.05) is 42.5 Å². The van der Waals surface area contributed by atoms with Gasteiger partial charge in [-0.15, -0.1) is 0 Å². The van der Waals surface area contributed by atoms with E-state index in [0.717, 1.165) is 35.1 Å². The number of benzene rings is 2. The highest BCUT2D eigenvalue weighted by atomic mass is 16.3. The van der Waals surface area contributed by atoms with Gasteiger partial charge in [0.05, 0.1) is 22.8 Å². The third-order valence-electron chi connectivity index (χ3n) is 6.36. The topological polar surface area (TPSA) is 71.2 Å². The summed E-state index contributed by atoms with van der Waals surface area (Å²) in [4.78, 5) is 20.4. The van der Waals surface area contributed by atoms with Crippen LogP contribution in [0.15, 0.2) is 66.9 Å². The molecule has 3 heterocycles. The fraction of sp³-hybridized carbons (Fsp3) is 0.269. The summed E-state index contributed by atoms with van der Waals surface area (Å²) in [5.74, 6) is 0.721. The van der Waals surface area contributed by atoms with Crippen molar-refractivity contribution in [3.8, 4) is 17.0 Å². The van der Waals surface area contributed by atoms with E-state index in [2.05, 4.69) is 5.10 Å². The molecule has 1 saturated heterocycles. The number of piperidine rings is 1. The lowest BCUT2D eigenvalue weighted by Crippen LogP contribution is -2.38. The van der Waals surface area contributed by atoms with Gasteiger partial charge in [0.1, 0.15) is 5.75 Å². The van der Waals surface area contributed by atoms with Crippen LogP contribution in [0.5, 0.6) is 5.75 Å². The van der Waals surface area contributed by atoms with E-state index in [9.17, 15) is 9.90 Å². The summed E-state index contributed by atoms with van der Waals surface area (Å²) in [6.45, 7) is 4.13. The van der Waals surface area contributed by atoms with E-state index in [0.29, 0.717) is 31.1 Å². The molecule has 1 amide bonds. The third kappa shape index (κ3) is 3.73. The van der Waals surface area contributed by atoms with Crippen LogP contribution in [0.1, 0.15) is 41.6 Å². The fourth-order valence-corrected chi connectivity index (χ4v) is 4.55. The molecule has 1 fully saturated rings. The summed E-state index contributed by atoms with van der Waals surface area (Å²) >= 11 is 0. The van der Waals surface area contributed by atoms with Crippen molar-refractivity contribution < 1.29 is 9.90 Å². The molecule has 0 atom stereocenters. The van der Waals surface area contributed by atoms with Crippen molar-refractivity contribution in [3.63, 3.8) is 0 Å². The number of amides is 1. The van der Waals surface area contributed by atoms with Crippen LogP contribution in [-0.4, -0.2) is 43.8 Å². The van der Waals surface area contributed by atoms with Crippen LogP contribution >= 0.6 is 0 Å². The molecule has 0 spiro atoms. The van der Waals surface area contributed by atoms with E-state index in [4.69, 9.17) is 4.98 Å². The van der Waals surface area contributed by atoms with Crippen LogP contribution in [0, 0.1) is 0 Å². The summed E-state index contributed by atoms with van der Waals surface area (Å²) in [7, 11) is 0. The average molecular weight is 427 g/mol. The molecule has 6 nitrogen and oxygen atoms in total. The number of aromatic nitrogens is 3. The lowest BCUT2D eigenvalue weighted by atomic mass is 9.89. The van der Waals surface area contributed by atoms with Crippen molar-refractivity contribution in [2.75, 3.05) is 13.1 Å². The molecule has 0 unspecified atom stereocenters. The Morgan fingerprint density at radius 2 is 1.78 bits per heavy atom. The zero-order chi connectivity index (χ0) is 22.1. The summed E-state index contributed by atoms with van der Waals surface area (Å²) in [5.41, 5.74) is 4.40. The quantitative estimate of drug-likeness (QED) is 0.507. The Labute approximate surface area is 187 Å². The first kappa shape index (κ1) is 20.2. The van der Waals surface area contributed by atoms with Crippen molar-refractivity contribution in [1.29, 1.82) is 0 Å². The Morgan fingerprint density at radius 1 is 1.06 bits per heavy atom. The van der Waals surface area contributed by atoms with Crippen molar-refractivity contribution >= 4 is 16.9 Å². The number of aromatic hydroxyl groups is 1. The summed E-state index contributed by atoms with van der Waals surface area (Å²) in [6.07, 6.45) is 3.58. The average Bonchev–Trinajstić information content (AvgIpc) is 3.27. The number of hydrogen-bond acceptors (Lipinski definition) is 4. The van der Waals surface area contributed by atoms with Crippen LogP contribution in [0.4, 0.5) is 0 Å². The number of fused-ring (bicyclic) bond motifs is 1. The van der Waals surface area contributed by atoms with Gasteiger partial charge in [-0.05, 0) is 49.4 Å². The molecule has 2 aromatic carbocycles. The molecule has 162 valence electrons. The number of aryl methyl sites for hydroxylation is 1. The summed E-state index contributed by atoms with van der Waals surface area (Å²) < 4.78 is 1.84. The van der Waals surface area contributed by atoms with Gasteiger partial charge in [-0.3, -0.25) is 4.79 Å². The maximum absolute atomic E-state index is 13.6. The van der Waals surface area contributed by atoms with E-state index < -0.39 is 0 Å². The number of pyridine rings is 1. The Morgan fingerprint density at radius 3 is 2.47 bits per heavy atom. The Bertz CT molecular complexity index is 1240. The van der Waals surface area contributed by atoms with E-state index in [1.165, 1.54) is 5.56 Å². The van der Waals surface area contributed by atoms with Gasteiger partial charge in [0.2, 0.25) is 0 Å². The first-order valence-electron chi connectivity index (χ1n) is 11.1. The minimum absolute atomic E-state index is 0.0365. The normalized spacial score (nSPS) is 14.7. The smallest absolute Gasteiger partial charge is 0.254 e. The molecule has 6 heteroatoms. The van der Waals surface area contributed by atoms with E-state index in [1.807, 2.05) is 65.0 Å². The number of phenols is 1. The SMILES string of the molecule is CCn1ncc2c(C(=O)N3CCC(c4ccc(O)cc4)CC3)cc(-c3ccccc3)nc21. The summed E-state index contributed by atoms with van der Waals surface area (Å²) in [5, 5.41) is 14.8. The van der Waals surface area contributed by atoms with E-state index >= 15 is 0 Å². The number of hydrogen-bond donors (Lipinski definition) is 1. The van der Waals surface area contributed by atoms with Gasteiger partial charge in [-0.25, -0.2) is 9.67 Å². The van der Waals surface area contributed by atoms with Crippen molar-refractivity contribution in [1.82, 2.24) is 19.7 Å². The molecule has 4 aromatic rings. The molecule has 0 radical (unpaired) electrons. The fourth-order valence-electron chi connectivity index (χ4n) is 4.55. The number of phenolic OH excluding ortho intramolecular Hbond substituents is 1. The zero-order valence-electron chi connectivity index (χ0n) is 18.1. The van der Waals surface area contributed by atoms with Crippen LogP contribution in [0.3, 0.4) is 0 Å².